The van der Waals surface area contributed by atoms with Crippen molar-refractivity contribution in [3.8, 4) is 11.5 Å². The van der Waals surface area contributed by atoms with Crippen LogP contribution in [0.1, 0.15) is 12.0 Å². The molecule has 0 saturated carbocycles. The topological polar surface area (TPSA) is 67.8 Å². The highest BCUT2D eigenvalue weighted by molar-refractivity contribution is 5.92. The molecule has 0 aliphatic carbocycles. The van der Waals surface area contributed by atoms with E-state index in [-0.39, 0.29) is 5.91 Å². The number of carbonyl (C=O) groups is 1. The van der Waals surface area contributed by atoms with Crippen LogP contribution in [0.5, 0.6) is 11.5 Å². The summed E-state index contributed by atoms with van der Waals surface area (Å²) in [5, 5.41) is 0. The molecule has 0 radical (unpaired) electrons. The second kappa shape index (κ2) is 8.07. The molecule has 1 aromatic carbocycles. The molecule has 0 atom stereocenters. The number of carbonyl (C=O) groups excluding carboxylic acids is 1. The lowest BCUT2D eigenvalue weighted by atomic mass is 10.2. The third kappa shape index (κ3) is 4.19. The fourth-order valence-electron chi connectivity index (χ4n) is 3.14. The van der Waals surface area contributed by atoms with Gasteiger partial charge in [-0.25, -0.2) is 9.97 Å². The van der Waals surface area contributed by atoms with Gasteiger partial charge in [-0.3, -0.25) is 4.79 Å². The molecule has 2 aliphatic heterocycles. The van der Waals surface area contributed by atoms with Crippen molar-refractivity contribution in [3.63, 3.8) is 0 Å². The summed E-state index contributed by atoms with van der Waals surface area (Å²) >= 11 is 0. The molecule has 2 aliphatic rings. The maximum Gasteiger partial charge on any atom is 0.246 e. The van der Waals surface area contributed by atoms with Gasteiger partial charge in [0.2, 0.25) is 11.9 Å². The van der Waals surface area contributed by atoms with Gasteiger partial charge in [-0.1, -0.05) is 6.07 Å². The van der Waals surface area contributed by atoms with Crippen molar-refractivity contribution in [2.45, 2.75) is 6.42 Å². The summed E-state index contributed by atoms with van der Waals surface area (Å²) in [6.07, 6.45) is 7.78. The molecule has 1 aromatic heterocycles. The lowest BCUT2D eigenvalue weighted by molar-refractivity contribution is -0.126. The van der Waals surface area contributed by atoms with E-state index in [4.69, 9.17) is 9.47 Å². The first-order chi connectivity index (χ1) is 13.3. The van der Waals surface area contributed by atoms with E-state index in [2.05, 4.69) is 14.9 Å². The Bertz CT molecular complexity index is 817. The quantitative estimate of drug-likeness (QED) is 0.774. The first kappa shape index (κ1) is 17.3. The minimum atomic E-state index is 0.00995. The summed E-state index contributed by atoms with van der Waals surface area (Å²) in [5.74, 6) is 2.22. The Labute approximate surface area is 158 Å². The first-order valence-electron chi connectivity index (χ1n) is 9.18. The van der Waals surface area contributed by atoms with E-state index < -0.39 is 0 Å². The van der Waals surface area contributed by atoms with Crippen molar-refractivity contribution < 1.29 is 14.3 Å². The van der Waals surface area contributed by atoms with Crippen LogP contribution < -0.4 is 14.4 Å². The number of aromatic nitrogens is 2. The standard InChI is InChI=1S/C20H22N4O3/c25-19(23-9-11-24(12-10-23)20-21-7-1-8-22-20)6-4-16-3-5-17-18(15-16)27-14-2-13-26-17/h1,3-8,15H,2,9-14H2/b6-4+. The third-order valence-corrected chi connectivity index (χ3v) is 4.62. The van der Waals surface area contributed by atoms with E-state index in [0.717, 1.165) is 36.6 Å². The predicted molar refractivity (Wildman–Crippen MR) is 102 cm³/mol. The van der Waals surface area contributed by atoms with Gasteiger partial charge < -0.3 is 19.3 Å². The second-order valence-corrected chi connectivity index (χ2v) is 6.45. The maximum atomic E-state index is 12.5. The van der Waals surface area contributed by atoms with Gasteiger partial charge in [0.15, 0.2) is 11.5 Å². The molecule has 0 spiro atoms. The Balaban J connectivity index is 1.35. The molecule has 140 valence electrons. The van der Waals surface area contributed by atoms with E-state index in [0.29, 0.717) is 32.3 Å². The van der Waals surface area contributed by atoms with Gasteiger partial charge in [0.1, 0.15) is 0 Å². The molecule has 7 nitrogen and oxygen atoms in total. The number of nitrogens with zero attached hydrogens (tertiary/aromatic N) is 4. The number of hydrogen-bond donors (Lipinski definition) is 0. The SMILES string of the molecule is O=C(/C=C/c1ccc2c(c1)OCCCO2)N1CCN(c2ncccn2)CC1. The minimum absolute atomic E-state index is 0.00995. The van der Waals surface area contributed by atoms with Gasteiger partial charge in [0, 0.05) is 51.1 Å². The summed E-state index contributed by atoms with van der Waals surface area (Å²) in [5.41, 5.74) is 0.920. The predicted octanol–water partition coefficient (Wildman–Crippen LogP) is 2.00. The van der Waals surface area contributed by atoms with Gasteiger partial charge in [-0.05, 0) is 29.8 Å². The summed E-state index contributed by atoms with van der Waals surface area (Å²) < 4.78 is 11.3. The van der Waals surface area contributed by atoms with Gasteiger partial charge in [0.25, 0.3) is 0 Å². The van der Waals surface area contributed by atoms with Gasteiger partial charge in [-0.2, -0.15) is 0 Å². The number of benzene rings is 1. The number of piperazine rings is 1. The smallest absolute Gasteiger partial charge is 0.246 e. The molecule has 0 unspecified atom stereocenters. The lowest BCUT2D eigenvalue weighted by Crippen LogP contribution is -2.48. The molecule has 3 heterocycles. The Kier molecular flexibility index (Phi) is 5.18. The number of rotatable bonds is 3. The first-order valence-corrected chi connectivity index (χ1v) is 9.18. The molecule has 0 bridgehead atoms. The van der Waals surface area contributed by atoms with Crippen molar-refractivity contribution in [2.24, 2.45) is 0 Å². The van der Waals surface area contributed by atoms with E-state index >= 15 is 0 Å². The number of ether oxygens (including phenoxy) is 2. The average Bonchev–Trinajstić information content (AvgIpc) is 2.98. The fourth-order valence-corrected chi connectivity index (χ4v) is 3.14. The molecule has 27 heavy (non-hydrogen) atoms. The van der Waals surface area contributed by atoms with Crippen LogP contribution in [0.15, 0.2) is 42.7 Å². The highest BCUT2D eigenvalue weighted by atomic mass is 16.5. The van der Waals surface area contributed by atoms with Gasteiger partial charge >= 0.3 is 0 Å². The van der Waals surface area contributed by atoms with Crippen LogP contribution in [0.3, 0.4) is 0 Å². The van der Waals surface area contributed by atoms with Crippen LogP contribution in [-0.4, -0.2) is 60.2 Å². The monoisotopic (exact) mass is 366 g/mol. The van der Waals surface area contributed by atoms with E-state index in [9.17, 15) is 4.79 Å². The Morgan fingerprint density at radius 3 is 2.52 bits per heavy atom. The summed E-state index contributed by atoms with van der Waals surface area (Å²) in [6.45, 7) is 4.08. The van der Waals surface area contributed by atoms with Crippen molar-refractivity contribution >= 4 is 17.9 Å². The summed E-state index contributed by atoms with van der Waals surface area (Å²) in [4.78, 5) is 25.0. The molecular weight excluding hydrogens is 344 g/mol. The van der Waals surface area contributed by atoms with Crippen LogP contribution in [-0.2, 0) is 4.79 Å². The van der Waals surface area contributed by atoms with Crippen molar-refractivity contribution in [1.82, 2.24) is 14.9 Å². The van der Waals surface area contributed by atoms with Gasteiger partial charge in [0.05, 0.1) is 13.2 Å². The number of amides is 1. The number of hydrogen-bond acceptors (Lipinski definition) is 6. The van der Waals surface area contributed by atoms with Crippen LogP contribution >= 0.6 is 0 Å². The van der Waals surface area contributed by atoms with Crippen molar-refractivity contribution in [3.05, 3.63) is 48.3 Å². The largest absolute Gasteiger partial charge is 0.490 e. The Hall–Kier alpha value is -3.09. The van der Waals surface area contributed by atoms with Crippen LogP contribution in [0.4, 0.5) is 5.95 Å². The Morgan fingerprint density at radius 2 is 1.74 bits per heavy atom. The van der Waals surface area contributed by atoms with Crippen LogP contribution in [0.2, 0.25) is 0 Å². The zero-order chi connectivity index (χ0) is 18.5. The normalized spacial score (nSPS) is 17.0. The summed E-state index contributed by atoms with van der Waals surface area (Å²) in [7, 11) is 0. The molecule has 2 aromatic rings. The highest BCUT2D eigenvalue weighted by Crippen LogP contribution is 2.30. The van der Waals surface area contributed by atoms with E-state index in [1.807, 2.05) is 29.2 Å². The number of anilines is 1. The molecule has 0 N–H and O–H groups in total. The zero-order valence-electron chi connectivity index (χ0n) is 15.1. The van der Waals surface area contributed by atoms with E-state index in [1.165, 1.54) is 0 Å². The number of fused-ring (bicyclic) bond motifs is 1. The lowest BCUT2D eigenvalue weighted by Gasteiger charge is -2.34. The maximum absolute atomic E-state index is 12.5. The molecular formula is C20H22N4O3. The molecule has 1 saturated heterocycles. The summed E-state index contributed by atoms with van der Waals surface area (Å²) in [6, 6.07) is 7.54. The van der Waals surface area contributed by atoms with Gasteiger partial charge in [-0.15, -0.1) is 0 Å². The second-order valence-electron chi connectivity index (χ2n) is 6.45. The molecule has 1 fully saturated rings. The van der Waals surface area contributed by atoms with Crippen molar-refractivity contribution in [2.75, 3.05) is 44.3 Å². The van der Waals surface area contributed by atoms with E-state index in [1.54, 1.807) is 24.5 Å². The zero-order valence-corrected chi connectivity index (χ0v) is 15.1. The molecule has 1 amide bonds. The Morgan fingerprint density at radius 1 is 1.00 bits per heavy atom. The minimum Gasteiger partial charge on any atom is -0.490 e. The van der Waals surface area contributed by atoms with Crippen LogP contribution in [0, 0.1) is 0 Å². The average molecular weight is 366 g/mol. The highest BCUT2D eigenvalue weighted by Gasteiger charge is 2.21. The van der Waals surface area contributed by atoms with Crippen molar-refractivity contribution in [1.29, 1.82) is 0 Å². The molecule has 7 heteroatoms. The fraction of sp³-hybridized carbons (Fsp3) is 0.350. The molecule has 4 rings (SSSR count). The van der Waals surface area contributed by atoms with Crippen LogP contribution in [0.25, 0.3) is 6.08 Å². The third-order valence-electron chi connectivity index (χ3n) is 4.62.